The Morgan fingerprint density at radius 2 is 1.91 bits per heavy atom. The number of amides is 1. The van der Waals surface area contributed by atoms with Crippen LogP contribution < -0.4 is 5.73 Å². The molecule has 0 heterocycles. The number of carbonyl (C=O) groups excluding carboxylic acids is 1. The largest absolute Gasteiger partial charge is 0.273 e. The Morgan fingerprint density at radius 1 is 1.27 bits per heavy atom. The van der Waals surface area contributed by atoms with Crippen LogP contribution in [0.15, 0.2) is 30.3 Å². The van der Waals surface area contributed by atoms with Crippen molar-refractivity contribution in [1.82, 2.24) is 5.73 Å². The number of benzene rings is 1. The SMILES string of the molecule is [NH]C(=O)CCc1ccccc1. The summed E-state index contributed by atoms with van der Waals surface area (Å²) in [5, 5.41) is 0. The summed E-state index contributed by atoms with van der Waals surface area (Å²) in [5.74, 6) is -0.492. The van der Waals surface area contributed by atoms with Gasteiger partial charge >= 0.3 is 0 Å². The minimum atomic E-state index is -0.492. The summed E-state index contributed by atoms with van der Waals surface area (Å²) in [7, 11) is 0. The van der Waals surface area contributed by atoms with Crippen LogP contribution in [0.25, 0.3) is 0 Å². The summed E-state index contributed by atoms with van der Waals surface area (Å²) in [6.45, 7) is 0. The lowest BCUT2D eigenvalue weighted by atomic mass is 10.1. The van der Waals surface area contributed by atoms with E-state index in [9.17, 15) is 4.79 Å². The second kappa shape index (κ2) is 3.76. The van der Waals surface area contributed by atoms with Gasteiger partial charge in [-0.25, -0.2) is 0 Å². The molecule has 1 radical (unpaired) electrons. The van der Waals surface area contributed by atoms with E-state index >= 15 is 0 Å². The molecular weight excluding hydrogens is 138 g/mol. The molecule has 2 heteroatoms. The average molecular weight is 148 g/mol. The first kappa shape index (κ1) is 7.79. The lowest BCUT2D eigenvalue weighted by molar-refractivity contribution is -0.118. The molecule has 2 nitrogen and oxygen atoms in total. The quantitative estimate of drug-likeness (QED) is 0.639. The van der Waals surface area contributed by atoms with Crippen LogP contribution in [0, 0.1) is 0 Å². The lowest BCUT2D eigenvalue weighted by Crippen LogP contribution is -1.99. The summed E-state index contributed by atoms with van der Waals surface area (Å²) >= 11 is 0. The fourth-order valence-electron chi connectivity index (χ4n) is 0.903. The Morgan fingerprint density at radius 3 is 2.45 bits per heavy atom. The number of carbonyl (C=O) groups is 1. The van der Waals surface area contributed by atoms with Crippen LogP contribution in [-0.2, 0) is 11.2 Å². The lowest BCUT2D eigenvalue weighted by Gasteiger charge is -1.95. The van der Waals surface area contributed by atoms with E-state index < -0.39 is 5.91 Å². The summed E-state index contributed by atoms with van der Waals surface area (Å²) in [6, 6.07) is 9.73. The minimum Gasteiger partial charge on any atom is -0.273 e. The van der Waals surface area contributed by atoms with Gasteiger partial charge in [0.2, 0.25) is 5.91 Å². The molecule has 0 atom stereocenters. The number of hydrogen-bond donors (Lipinski definition) is 0. The van der Waals surface area contributed by atoms with Crippen molar-refractivity contribution in [2.75, 3.05) is 0 Å². The molecule has 11 heavy (non-hydrogen) atoms. The number of hydrogen-bond acceptors (Lipinski definition) is 1. The Bertz CT molecular complexity index is 231. The van der Waals surface area contributed by atoms with Gasteiger partial charge in [0.1, 0.15) is 0 Å². The van der Waals surface area contributed by atoms with Crippen molar-refractivity contribution in [1.29, 1.82) is 0 Å². The molecule has 0 aliphatic carbocycles. The molecule has 1 aromatic carbocycles. The third kappa shape index (κ3) is 2.85. The summed E-state index contributed by atoms with van der Waals surface area (Å²) < 4.78 is 0. The van der Waals surface area contributed by atoms with E-state index in [0.717, 1.165) is 5.56 Å². The molecule has 0 spiro atoms. The Balaban J connectivity index is 2.45. The molecule has 0 saturated carbocycles. The van der Waals surface area contributed by atoms with Gasteiger partial charge in [0.15, 0.2) is 0 Å². The standard InChI is InChI=1S/C9H10NO/c10-9(11)7-6-8-4-2-1-3-5-8/h1-5,10H,6-7H2. The van der Waals surface area contributed by atoms with Crippen molar-refractivity contribution in [2.45, 2.75) is 12.8 Å². The zero-order valence-corrected chi connectivity index (χ0v) is 6.21. The molecule has 1 rings (SSSR count). The predicted molar refractivity (Wildman–Crippen MR) is 42.9 cm³/mol. The fourth-order valence-corrected chi connectivity index (χ4v) is 0.903. The average Bonchev–Trinajstić information content (AvgIpc) is 2.03. The smallest absolute Gasteiger partial charge is 0.238 e. The summed E-state index contributed by atoms with van der Waals surface area (Å²) in [6.07, 6.45) is 1.01. The van der Waals surface area contributed by atoms with Crippen molar-refractivity contribution in [3.8, 4) is 0 Å². The van der Waals surface area contributed by atoms with Gasteiger partial charge in [0, 0.05) is 6.42 Å². The van der Waals surface area contributed by atoms with E-state index in [-0.39, 0.29) is 0 Å². The first-order valence-corrected chi connectivity index (χ1v) is 3.57. The van der Waals surface area contributed by atoms with Gasteiger partial charge in [0.05, 0.1) is 0 Å². The first-order valence-electron chi connectivity index (χ1n) is 3.57. The molecule has 1 aromatic rings. The van der Waals surface area contributed by atoms with Crippen LogP contribution >= 0.6 is 0 Å². The molecule has 1 N–H and O–H groups in total. The highest BCUT2D eigenvalue weighted by atomic mass is 16.1. The molecule has 0 unspecified atom stereocenters. The molecule has 57 valence electrons. The predicted octanol–water partition coefficient (Wildman–Crippen LogP) is 1.43. The number of aryl methyl sites for hydroxylation is 1. The highest BCUT2D eigenvalue weighted by molar-refractivity contribution is 5.73. The molecule has 0 bridgehead atoms. The van der Waals surface area contributed by atoms with Crippen LogP contribution in [0.1, 0.15) is 12.0 Å². The van der Waals surface area contributed by atoms with Crippen LogP contribution in [0.5, 0.6) is 0 Å². The zero-order valence-electron chi connectivity index (χ0n) is 6.21. The van der Waals surface area contributed by atoms with Crippen molar-refractivity contribution in [3.05, 3.63) is 35.9 Å². The molecule has 0 aliphatic rings. The minimum absolute atomic E-state index is 0.323. The Labute approximate surface area is 66.0 Å². The highest BCUT2D eigenvalue weighted by Gasteiger charge is 1.95. The maximum atomic E-state index is 10.3. The zero-order chi connectivity index (χ0) is 8.10. The Hall–Kier alpha value is -1.31. The summed E-state index contributed by atoms with van der Waals surface area (Å²) in [4.78, 5) is 10.3. The van der Waals surface area contributed by atoms with E-state index in [1.807, 2.05) is 30.3 Å². The van der Waals surface area contributed by atoms with Gasteiger partial charge in [-0.05, 0) is 12.0 Å². The van der Waals surface area contributed by atoms with Gasteiger partial charge in [0.25, 0.3) is 0 Å². The van der Waals surface area contributed by atoms with Crippen molar-refractivity contribution in [2.24, 2.45) is 0 Å². The van der Waals surface area contributed by atoms with E-state index in [0.29, 0.717) is 12.8 Å². The van der Waals surface area contributed by atoms with Crippen molar-refractivity contribution < 1.29 is 4.79 Å². The van der Waals surface area contributed by atoms with Crippen molar-refractivity contribution >= 4 is 5.91 Å². The molecule has 0 aromatic heterocycles. The maximum Gasteiger partial charge on any atom is 0.238 e. The van der Waals surface area contributed by atoms with Gasteiger partial charge in [-0.2, -0.15) is 0 Å². The molecular formula is C9H10NO. The van der Waals surface area contributed by atoms with Crippen LogP contribution in [0.3, 0.4) is 0 Å². The van der Waals surface area contributed by atoms with Crippen LogP contribution in [0.2, 0.25) is 0 Å². The van der Waals surface area contributed by atoms with E-state index in [1.165, 1.54) is 0 Å². The number of nitrogens with one attached hydrogen (secondary N) is 1. The van der Waals surface area contributed by atoms with E-state index in [1.54, 1.807) is 0 Å². The molecule has 0 aliphatic heterocycles. The highest BCUT2D eigenvalue weighted by Crippen LogP contribution is 2.01. The second-order valence-electron chi connectivity index (χ2n) is 2.41. The first-order chi connectivity index (χ1) is 5.29. The van der Waals surface area contributed by atoms with E-state index in [4.69, 9.17) is 5.73 Å². The molecule has 0 saturated heterocycles. The fraction of sp³-hybridized carbons (Fsp3) is 0.222. The maximum absolute atomic E-state index is 10.3. The molecule has 1 amide bonds. The van der Waals surface area contributed by atoms with Crippen LogP contribution in [0.4, 0.5) is 0 Å². The second-order valence-corrected chi connectivity index (χ2v) is 2.41. The summed E-state index contributed by atoms with van der Waals surface area (Å²) in [5.41, 5.74) is 7.81. The third-order valence-corrected chi connectivity index (χ3v) is 1.48. The number of rotatable bonds is 3. The normalized spacial score (nSPS) is 9.45. The van der Waals surface area contributed by atoms with Gasteiger partial charge in [-0.15, -0.1) is 0 Å². The topological polar surface area (TPSA) is 40.9 Å². The third-order valence-electron chi connectivity index (χ3n) is 1.48. The molecule has 0 fully saturated rings. The van der Waals surface area contributed by atoms with Gasteiger partial charge in [-0.1, -0.05) is 30.3 Å². The van der Waals surface area contributed by atoms with Gasteiger partial charge < -0.3 is 0 Å². The van der Waals surface area contributed by atoms with Crippen molar-refractivity contribution in [3.63, 3.8) is 0 Å². The van der Waals surface area contributed by atoms with E-state index in [2.05, 4.69) is 0 Å². The monoisotopic (exact) mass is 148 g/mol. The Kier molecular flexibility index (Phi) is 2.66. The van der Waals surface area contributed by atoms with Gasteiger partial charge in [-0.3, -0.25) is 10.5 Å². The van der Waals surface area contributed by atoms with Crippen LogP contribution in [-0.4, -0.2) is 5.91 Å².